The van der Waals surface area contributed by atoms with Crippen molar-refractivity contribution < 1.29 is 38.1 Å². The Morgan fingerprint density at radius 2 is 0.758 bits per heavy atom. The van der Waals surface area contributed by atoms with Crippen molar-refractivity contribution in [2.45, 2.75) is 237 Å². The van der Waals surface area contributed by atoms with Crippen LogP contribution < -0.4 is 0 Å². The molecule has 1 aliphatic rings. The van der Waals surface area contributed by atoms with Gasteiger partial charge in [0.05, 0.1) is 26.4 Å². The maximum atomic E-state index is 13.3. The zero-order valence-corrected chi connectivity index (χ0v) is 44.1. The quantitative estimate of drug-likeness (QED) is 0.0297. The molecule has 1 aliphatic carbocycles. The van der Waals surface area contributed by atoms with Crippen LogP contribution >= 0.6 is 0 Å². The maximum absolute atomic E-state index is 13.3. The van der Waals surface area contributed by atoms with Crippen molar-refractivity contribution in [3.8, 4) is 35.5 Å². The van der Waals surface area contributed by atoms with Crippen molar-refractivity contribution in [1.29, 1.82) is 0 Å². The van der Waals surface area contributed by atoms with Crippen LogP contribution in [0.1, 0.15) is 232 Å². The Balaban J connectivity index is 0.00000113. The van der Waals surface area contributed by atoms with E-state index in [4.69, 9.17) is 18.9 Å². The lowest BCUT2D eigenvalue weighted by Gasteiger charge is -2.25. The molecule has 66 heavy (non-hydrogen) atoms. The van der Waals surface area contributed by atoms with E-state index in [-0.39, 0.29) is 39.3 Å². The average molecular weight is 917 g/mol. The van der Waals surface area contributed by atoms with Crippen molar-refractivity contribution >= 4 is 23.9 Å². The number of carbonyl (C=O) groups is 4. The van der Waals surface area contributed by atoms with Gasteiger partial charge in [0, 0.05) is 51.4 Å². The van der Waals surface area contributed by atoms with Crippen LogP contribution in [0.3, 0.4) is 0 Å². The second kappa shape index (κ2) is 37.8. The van der Waals surface area contributed by atoms with E-state index in [1.807, 2.05) is 0 Å². The van der Waals surface area contributed by atoms with Gasteiger partial charge in [-0.2, -0.15) is 0 Å². The molecule has 8 nitrogen and oxygen atoms in total. The first-order valence-corrected chi connectivity index (χ1v) is 26.2. The highest BCUT2D eigenvalue weighted by molar-refractivity contribution is 6.02. The molecule has 8 heteroatoms. The fourth-order valence-electron chi connectivity index (χ4n) is 8.04. The molecule has 372 valence electrons. The number of rotatable bonds is 26. The van der Waals surface area contributed by atoms with Gasteiger partial charge in [0.2, 0.25) is 0 Å². The molecule has 0 saturated heterocycles. The Hall–Kier alpha value is -4.22. The summed E-state index contributed by atoms with van der Waals surface area (Å²) in [6.45, 7) is 25.4. The molecule has 0 heterocycles. The van der Waals surface area contributed by atoms with Gasteiger partial charge in [-0.25, -0.2) is 0 Å². The second-order valence-electron chi connectivity index (χ2n) is 17.1. The highest BCUT2D eigenvalue weighted by Gasteiger charge is 2.54. The van der Waals surface area contributed by atoms with Crippen molar-refractivity contribution in [2.75, 3.05) is 26.4 Å². The van der Waals surface area contributed by atoms with Crippen molar-refractivity contribution in [2.24, 2.45) is 10.8 Å². The van der Waals surface area contributed by atoms with E-state index >= 15 is 0 Å². The van der Waals surface area contributed by atoms with Gasteiger partial charge >= 0.3 is 23.9 Å². The smallest absolute Gasteiger partial charge is 0.325 e. The van der Waals surface area contributed by atoms with E-state index in [1.54, 1.807) is 27.7 Å². The Labute approximate surface area is 404 Å². The molecule has 0 saturated carbocycles. The van der Waals surface area contributed by atoms with Gasteiger partial charge in [-0.1, -0.05) is 93.9 Å². The van der Waals surface area contributed by atoms with Crippen LogP contribution in [0.25, 0.3) is 0 Å². The minimum Gasteiger partial charge on any atom is -0.465 e. The standard InChI is InChI=1S/C29H46O4.C21H32O4.C8H14/c1-7-13-17-23-21(15-9-3)22(16-10-4)24(18-14-8-2)26-20-29(19-25(23)26,27(30)32-11-5)28(31)33-12-6;1-5-9-11-13-15-17-21(19(22)24-7-3,20(23)25-8-4)18-16-14-12-10-6-2;1-3-5-7-8-6-4-2/h7-20H2,1-6H3;5-12,17-18H2,1-4H3;3-6H2,1-2H3. The third-order valence-electron chi connectivity index (χ3n) is 11.6. The van der Waals surface area contributed by atoms with Crippen LogP contribution in [0.2, 0.25) is 0 Å². The van der Waals surface area contributed by atoms with Crippen LogP contribution in [0.15, 0.2) is 0 Å². The van der Waals surface area contributed by atoms with Gasteiger partial charge < -0.3 is 18.9 Å². The lowest BCUT2D eigenvalue weighted by atomic mass is 9.81. The number of carbonyl (C=O) groups excluding carboxylic acids is 4. The summed E-state index contributed by atoms with van der Waals surface area (Å²) in [7, 11) is 0. The van der Waals surface area contributed by atoms with Gasteiger partial charge in [-0.15, -0.1) is 35.5 Å². The largest absolute Gasteiger partial charge is 0.465 e. The fraction of sp³-hybridized carbons (Fsp3) is 0.724. The van der Waals surface area contributed by atoms with Gasteiger partial charge in [-0.05, 0) is 125 Å². The molecule has 0 N–H and O–H groups in total. The first kappa shape index (κ1) is 61.8. The Morgan fingerprint density at radius 1 is 0.409 bits per heavy atom. The fourth-order valence-corrected chi connectivity index (χ4v) is 8.04. The number of unbranched alkanes of at least 4 members (excludes halogenated alkanes) is 8. The van der Waals surface area contributed by atoms with Crippen LogP contribution in [-0.2, 0) is 76.7 Å². The van der Waals surface area contributed by atoms with Gasteiger partial charge in [0.25, 0.3) is 0 Å². The average Bonchev–Trinajstić information content (AvgIpc) is 3.72. The third kappa shape index (κ3) is 20.3. The molecule has 0 amide bonds. The number of esters is 4. The monoisotopic (exact) mass is 917 g/mol. The zero-order chi connectivity index (χ0) is 49.6. The summed E-state index contributed by atoms with van der Waals surface area (Å²) >= 11 is 0. The normalized spacial score (nSPS) is 11.9. The predicted molar refractivity (Wildman–Crippen MR) is 272 cm³/mol. The Kier molecular flexibility index (Phi) is 35.4. The summed E-state index contributed by atoms with van der Waals surface area (Å²) in [5, 5.41) is 0. The highest BCUT2D eigenvalue weighted by Crippen LogP contribution is 2.46. The summed E-state index contributed by atoms with van der Waals surface area (Å²) in [5.41, 5.74) is 5.62. The number of hydrogen-bond acceptors (Lipinski definition) is 8. The second-order valence-corrected chi connectivity index (χ2v) is 17.1. The molecule has 0 fully saturated rings. The topological polar surface area (TPSA) is 105 Å². The third-order valence-corrected chi connectivity index (χ3v) is 11.6. The molecule has 0 unspecified atom stereocenters. The summed E-state index contributed by atoms with van der Waals surface area (Å²) in [5.74, 6) is 16.2. The first-order chi connectivity index (χ1) is 31.9. The number of hydrogen-bond donors (Lipinski definition) is 0. The molecule has 1 aromatic rings. The van der Waals surface area contributed by atoms with Crippen molar-refractivity contribution in [3.05, 3.63) is 33.4 Å². The lowest BCUT2D eigenvalue weighted by Crippen LogP contribution is -2.43. The van der Waals surface area contributed by atoms with Gasteiger partial charge in [-0.3, -0.25) is 19.2 Å². The zero-order valence-electron chi connectivity index (χ0n) is 44.1. The summed E-state index contributed by atoms with van der Waals surface area (Å²) in [4.78, 5) is 51.7. The van der Waals surface area contributed by atoms with Crippen LogP contribution in [-0.4, -0.2) is 50.3 Å². The van der Waals surface area contributed by atoms with E-state index in [1.165, 1.54) is 46.2 Å². The molecular formula is C58H92O8. The molecule has 0 atom stereocenters. The maximum Gasteiger partial charge on any atom is 0.325 e. The number of ether oxygens (including phenoxy) is 4. The lowest BCUT2D eigenvalue weighted by molar-refractivity contribution is -0.173. The predicted octanol–water partition coefficient (Wildman–Crippen LogP) is 13.3. The summed E-state index contributed by atoms with van der Waals surface area (Å²) in [6.07, 6.45) is 22.0. The van der Waals surface area contributed by atoms with Gasteiger partial charge in [0.15, 0.2) is 10.8 Å². The first-order valence-electron chi connectivity index (χ1n) is 26.2. The SMILES string of the molecule is CCCC#CCCC.CCCCC#CCC(CC#CCCCC)(C(=O)OCC)C(=O)OCC.CCCCc1c(CCC)c(CCC)c(CCCC)c2c1CC(C(=O)OCC)(C(=O)OCC)C2. The molecular weight excluding hydrogens is 825 g/mol. The molecule has 0 aliphatic heterocycles. The molecule has 0 bridgehead atoms. The minimum absolute atomic E-state index is 0.0802. The van der Waals surface area contributed by atoms with Crippen LogP contribution in [0, 0.1) is 46.4 Å². The Bertz CT molecular complexity index is 1630. The van der Waals surface area contributed by atoms with Crippen LogP contribution in [0.5, 0.6) is 0 Å². The van der Waals surface area contributed by atoms with E-state index in [0.717, 1.165) is 116 Å². The van der Waals surface area contributed by atoms with E-state index in [2.05, 4.69) is 90.9 Å². The molecule has 0 radical (unpaired) electrons. The molecule has 2 rings (SSSR count). The van der Waals surface area contributed by atoms with Crippen LogP contribution in [0.4, 0.5) is 0 Å². The molecule has 0 aromatic heterocycles. The van der Waals surface area contributed by atoms with Crippen molar-refractivity contribution in [1.82, 2.24) is 0 Å². The van der Waals surface area contributed by atoms with Gasteiger partial charge in [0.1, 0.15) is 0 Å². The van der Waals surface area contributed by atoms with E-state index in [0.29, 0.717) is 12.8 Å². The van der Waals surface area contributed by atoms with E-state index < -0.39 is 34.7 Å². The number of fused-ring (bicyclic) bond motifs is 1. The van der Waals surface area contributed by atoms with E-state index in [9.17, 15) is 19.2 Å². The molecule has 0 spiro atoms. The highest BCUT2D eigenvalue weighted by atomic mass is 16.6. The minimum atomic E-state index is -1.45. The summed E-state index contributed by atoms with van der Waals surface area (Å²) in [6, 6.07) is 0. The summed E-state index contributed by atoms with van der Waals surface area (Å²) < 4.78 is 21.3. The Morgan fingerprint density at radius 3 is 1.06 bits per heavy atom. The van der Waals surface area contributed by atoms with Crippen molar-refractivity contribution in [3.63, 3.8) is 0 Å². The number of benzene rings is 1. The molecule has 1 aromatic carbocycles.